The molecule has 0 radical (unpaired) electrons. The third kappa shape index (κ3) is 2.45. The molecule has 0 saturated carbocycles. The van der Waals surface area contributed by atoms with Gasteiger partial charge in [-0.2, -0.15) is 0 Å². The number of aliphatic hydroxyl groups is 1. The minimum atomic E-state index is 0.238. The van der Waals surface area contributed by atoms with Crippen molar-refractivity contribution in [2.45, 2.75) is 26.2 Å². The lowest BCUT2D eigenvalue weighted by Crippen LogP contribution is -2.16. The molecule has 0 amide bonds. The summed E-state index contributed by atoms with van der Waals surface area (Å²) in [4.78, 5) is 10.9. The van der Waals surface area contributed by atoms with E-state index in [2.05, 4.69) is 6.92 Å². The number of carbonyl (C=O) groups is 1. The van der Waals surface area contributed by atoms with Crippen molar-refractivity contribution >= 4 is 5.78 Å². The van der Waals surface area contributed by atoms with E-state index in [1.54, 1.807) is 6.08 Å². The maximum atomic E-state index is 10.9. The number of carbonyl (C=O) groups excluding carboxylic acids is 1. The van der Waals surface area contributed by atoms with Crippen LogP contribution in [0.4, 0.5) is 0 Å². The summed E-state index contributed by atoms with van der Waals surface area (Å²) in [7, 11) is 0. The highest BCUT2D eigenvalue weighted by molar-refractivity contribution is 5.90. The van der Waals surface area contributed by atoms with Gasteiger partial charge >= 0.3 is 0 Å². The molecule has 0 saturated heterocycles. The molecular weight excluding hydrogens is 152 g/mol. The fraction of sp³-hybridized carbons (Fsp3) is 0.700. The van der Waals surface area contributed by atoms with Gasteiger partial charge in [0.05, 0.1) is 0 Å². The molecule has 12 heavy (non-hydrogen) atoms. The van der Waals surface area contributed by atoms with E-state index in [0.717, 1.165) is 12.8 Å². The van der Waals surface area contributed by atoms with Gasteiger partial charge in [-0.15, -0.1) is 0 Å². The number of hydrogen-bond acceptors (Lipinski definition) is 2. The van der Waals surface area contributed by atoms with Crippen molar-refractivity contribution in [3.8, 4) is 0 Å². The Bertz CT molecular complexity index is 184. The minimum Gasteiger partial charge on any atom is -0.396 e. The zero-order chi connectivity index (χ0) is 8.97. The van der Waals surface area contributed by atoms with Gasteiger partial charge in [0.2, 0.25) is 0 Å². The van der Waals surface area contributed by atoms with Gasteiger partial charge in [0.1, 0.15) is 0 Å². The second-order valence-electron chi connectivity index (χ2n) is 3.52. The number of allylic oxidation sites excluding steroid dienone is 2. The maximum Gasteiger partial charge on any atom is 0.155 e. The van der Waals surface area contributed by atoms with E-state index < -0.39 is 0 Å². The molecule has 0 heterocycles. The summed E-state index contributed by atoms with van der Waals surface area (Å²) < 4.78 is 0. The first kappa shape index (κ1) is 9.46. The number of ketones is 1. The molecule has 0 bridgehead atoms. The van der Waals surface area contributed by atoms with Gasteiger partial charge in [-0.3, -0.25) is 4.79 Å². The van der Waals surface area contributed by atoms with Crippen molar-refractivity contribution in [2.75, 3.05) is 6.61 Å². The van der Waals surface area contributed by atoms with Crippen LogP contribution in [-0.4, -0.2) is 17.5 Å². The Morgan fingerprint density at radius 3 is 3.00 bits per heavy atom. The Balaban J connectivity index is 2.43. The van der Waals surface area contributed by atoms with Crippen LogP contribution in [0, 0.1) is 11.8 Å². The third-order valence-electron chi connectivity index (χ3n) is 2.57. The Hall–Kier alpha value is -0.630. The first-order chi connectivity index (χ1) is 5.74. The molecule has 2 heteroatoms. The molecule has 1 aliphatic rings. The SMILES string of the molecule is CC(CCO)C1C=CC(=O)CC1. The number of rotatable bonds is 3. The number of hydrogen-bond donors (Lipinski definition) is 1. The number of aliphatic hydroxyl groups excluding tert-OH is 1. The molecule has 0 aromatic rings. The molecule has 0 spiro atoms. The third-order valence-corrected chi connectivity index (χ3v) is 2.57. The first-order valence-electron chi connectivity index (χ1n) is 4.56. The van der Waals surface area contributed by atoms with Gasteiger partial charge in [-0.25, -0.2) is 0 Å². The van der Waals surface area contributed by atoms with Gasteiger partial charge in [0.25, 0.3) is 0 Å². The zero-order valence-corrected chi connectivity index (χ0v) is 7.49. The fourth-order valence-electron chi connectivity index (χ4n) is 1.61. The predicted molar refractivity (Wildman–Crippen MR) is 47.7 cm³/mol. The van der Waals surface area contributed by atoms with E-state index in [9.17, 15) is 4.79 Å². The highest BCUT2D eigenvalue weighted by Crippen LogP contribution is 2.25. The van der Waals surface area contributed by atoms with Crippen molar-refractivity contribution in [2.24, 2.45) is 11.8 Å². The van der Waals surface area contributed by atoms with Crippen molar-refractivity contribution in [1.82, 2.24) is 0 Å². The van der Waals surface area contributed by atoms with E-state index in [1.807, 2.05) is 6.08 Å². The molecule has 2 unspecified atom stereocenters. The van der Waals surface area contributed by atoms with Gasteiger partial charge in [-0.1, -0.05) is 13.0 Å². The van der Waals surface area contributed by atoms with E-state index >= 15 is 0 Å². The molecule has 1 rings (SSSR count). The van der Waals surface area contributed by atoms with Crippen molar-refractivity contribution in [3.05, 3.63) is 12.2 Å². The van der Waals surface area contributed by atoms with Gasteiger partial charge < -0.3 is 5.11 Å². The van der Waals surface area contributed by atoms with Gasteiger partial charge in [0, 0.05) is 13.0 Å². The smallest absolute Gasteiger partial charge is 0.155 e. The average molecular weight is 168 g/mol. The maximum absolute atomic E-state index is 10.9. The largest absolute Gasteiger partial charge is 0.396 e. The fourth-order valence-corrected chi connectivity index (χ4v) is 1.61. The lowest BCUT2D eigenvalue weighted by atomic mass is 9.84. The molecule has 0 fully saturated rings. The molecule has 0 aliphatic heterocycles. The second kappa shape index (κ2) is 4.41. The summed E-state index contributed by atoms with van der Waals surface area (Å²) in [6, 6.07) is 0. The lowest BCUT2D eigenvalue weighted by Gasteiger charge is -2.21. The first-order valence-corrected chi connectivity index (χ1v) is 4.56. The summed E-state index contributed by atoms with van der Waals surface area (Å²) in [5.41, 5.74) is 0. The molecule has 2 atom stereocenters. The minimum absolute atomic E-state index is 0.238. The van der Waals surface area contributed by atoms with Crippen LogP contribution < -0.4 is 0 Å². The monoisotopic (exact) mass is 168 g/mol. The second-order valence-corrected chi connectivity index (χ2v) is 3.52. The lowest BCUT2D eigenvalue weighted by molar-refractivity contribution is -0.115. The van der Waals surface area contributed by atoms with Crippen molar-refractivity contribution in [3.63, 3.8) is 0 Å². The van der Waals surface area contributed by atoms with Crippen LogP contribution in [0.1, 0.15) is 26.2 Å². The normalized spacial score (nSPS) is 25.8. The van der Waals surface area contributed by atoms with Crippen LogP contribution in [0.15, 0.2) is 12.2 Å². The molecule has 1 aliphatic carbocycles. The van der Waals surface area contributed by atoms with Gasteiger partial charge in [-0.05, 0) is 30.8 Å². The van der Waals surface area contributed by atoms with Crippen molar-refractivity contribution in [1.29, 1.82) is 0 Å². The predicted octanol–water partition coefficient (Wildman–Crippen LogP) is 1.54. The van der Waals surface area contributed by atoms with E-state index in [0.29, 0.717) is 18.3 Å². The van der Waals surface area contributed by atoms with Crippen LogP contribution in [0.25, 0.3) is 0 Å². The summed E-state index contributed by atoms with van der Waals surface area (Å²) in [5, 5.41) is 8.73. The average Bonchev–Trinajstić information content (AvgIpc) is 2.06. The van der Waals surface area contributed by atoms with Crippen LogP contribution in [0.2, 0.25) is 0 Å². The summed E-state index contributed by atoms with van der Waals surface area (Å²) in [5.74, 6) is 1.23. The van der Waals surface area contributed by atoms with Crippen LogP contribution in [0.3, 0.4) is 0 Å². The molecule has 0 aromatic carbocycles. The Morgan fingerprint density at radius 2 is 2.50 bits per heavy atom. The standard InChI is InChI=1S/C10H16O2/c1-8(6-7-11)9-2-4-10(12)5-3-9/h2,4,8-9,11H,3,5-7H2,1H3. The molecule has 68 valence electrons. The molecule has 0 aromatic heterocycles. The van der Waals surface area contributed by atoms with Crippen LogP contribution in [-0.2, 0) is 4.79 Å². The summed E-state index contributed by atoms with van der Waals surface area (Å²) in [6.07, 6.45) is 6.14. The quantitative estimate of drug-likeness (QED) is 0.694. The topological polar surface area (TPSA) is 37.3 Å². The van der Waals surface area contributed by atoms with Gasteiger partial charge in [0.15, 0.2) is 5.78 Å². The van der Waals surface area contributed by atoms with E-state index in [1.165, 1.54) is 0 Å². The highest BCUT2D eigenvalue weighted by atomic mass is 16.3. The summed E-state index contributed by atoms with van der Waals surface area (Å²) >= 11 is 0. The van der Waals surface area contributed by atoms with E-state index in [-0.39, 0.29) is 12.4 Å². The van der Waals surface area contributed by atoms with Crippen LogP contribution in [0.5, 0.6) is 0 Å². The van der Waals surface area contributed by atoms with Crippen LogP contribution >= 0.6 is 0 Å². The summed E-state index contributed by atoms with van der Waals surface area (Å²) in [6.45, 7) is 2.38. The Labute approximate surface area is 73.3 Å². The van der Waals surface area contributed by atoms with E-state index in [4.69, 9.17) is 5.11 Å². The molecular formula is C10H16O2. The zero-order valence-electron chi connectivity index (χ0n) is 7.49. The Morgan fingerprint density at radius 1 is 1.75 bits per heavy atom. The molecule has 2 nitrogen and oxygen atoms in total. The Kier molecular flexibility index (Phi) is 3.48. The molecule has 1 N–H and O–H groups in total. The highest BCUT2D eigenvalue weighted by Gasteiger charge is 2.18. The van der Waals surface area contributed by atoms with Crippen molar-refractivity contribution < 1.29 is 9.90 Å².